The van der Waals surface area contributed by atoms with E-state index < -0.39 is 11.8 Å². The van der Waals surface area contributed by atoms with Crippen LogP contribution in [0.3, 0.4) is 0 Å². The quantitative estimate of drug-likeness (QED) is 0.491. The van der Waals surface area contributed by atoms with Gasteiger partial charge in [-0.25, -0.2) is 9.07 Å². The zero-order chi connectivity index (χ0) is 22.0. The predicted octanol–water partition coefficient (Wildman–Crippen LogP) is 3.99. The third-order valence-electron chi connectivity index (χ3n) is 4.72. The highest BCUT2D eigenvalue weighted by Gasteiger charge is 2.16. The van der Waals surface area contributed by atoms with Crippen molar-refractivity contribution in [3.05, 3.63) is 65.4 Å². The molecule has 2 aromatic heterocycles. The number of ether oxygens (including phenoxy) is 2. The molecule has 0 saturated carbocycles. The van der Waals surface area contributed by atoms with E-state index >= 15 is 0 Å². The molecule has 0 atom stereocenters. The lowest BCUT2D eigenvalue weighted by Gasteiger charge is -2.09. The molecule has 0 aliphatic heterocycles. The number of aromatic nitrogens is 2. The van der Waals surface area contributed by atoms with Crippen LogP contribution in [-0.4, -0.2) is 42.4 Å². The van der Waals surface area contributed by atoms with Gasteiger partial charge in [-0.2, -0.15) is 5.10 Å². The summed E-state index contributed by atoms with van der Waals surface area (Å²) < 4.78 is 26.0. The van der Waals surface area contributed by atoms with E-state index in [0.717, 1.165) is 15.6 Å². The number of fused-ring (bicyclic) bond motifs is 1. The molecule has 0 bridgehead atoms. The molecule has 158 valence electrons. The molecular formula is C22H18FN3O4S. The summed E-state index contributed by atoms with van der Waals surface area (Å²) in [6.07, 6.45) is 1.52. The molecule has 9 heteroatoms. The molecule has 7 nitrogen and oxygen atoms in total. The number of benzene rings is 2. The highest BCUT2D eigenvalue weighted by atomic mass is 32.1. The van der Waals surface area contributed by atoms with Crippen LogP contribution in [-0.2, 0) is 0 Å². The van der Waals surface area contributed by atoms with Gasteiger partial charge in [0.1, 0.15) is 5.82 Å². The van der Waals surface area contributed by atoms with E-state index in [-0.39, 0.29) is 12.4 Å². The lowest BCUT2D eigenvalue weighted by molar-refractivity contribution is 0.0850. The first-order valence-electron chi connectivity index (χ1n) is 9.27. The second-order valence-electron chi connectivity index (χ2n) is 6.56. The smallest absolute Gasteiger partial charge is 0.266 e. The largest absolute Gasteiger partial charge is 0.493 e. The fourth-order valence-corrected chi connectivity index (χ4v) is 4.11. The Kier molecular flexibility index (Phi) is 5.68. The first-order valence-corrected chi connectivity index (χ1v) is 10.1. The second kappa shape index (κ2) is 8.57. The van der Waals surface area contributed by atoms with E-state index in [1.54, 1.807) is 24.3 Å². The molecule has 0 saturated heterocycles. The van der Waals surface area contributed by atoms with Crippen LogP contribution in [0.5, 0.6) is 11.5 Å². The van der Waals surface area contributed by atoms with Gasteiger partial charge in [0.25, 0.3) is 11.8 Å². The van der Waals surface area contributed by atoms with Gasteiger partial charge in [0, 0.05) is 28.1 Å². The summed E-state index contributed by atoms with van der Waals surface area (Å²) >= 11 is 1.29. The van der Waals surface area contributed by atoms with E-state index in [2.05, 4.69) is 10.4 Å². The summed E-state index contributed by atoms with van der Waals surface area (Å²) in [4.78, 5) is 24.9. The predicted molar refractivity (Wildman–Crippen MR) is 116 cm³/mol. The van der Waals surface area contributed by atoms with Gasteiger partial charge in [-0.05, 0) is 30.3 Å². The third kappa shape index (κ3) is 3.99. The molecule has 2 aromatic carbocycles. The maximum Gasteiger partial charge on any atom is 0.266 e. The molecule has 1 amide bonds. The number of amides is 1. The van der Waals surface area contributed by atoms with Crippen molar-refractivity contribution in [3.63, 3.8) is 0 Å². The number of hydrogen-bond acceptors (Lipinski definition) is 6. The highest BCUT2D eigenvalue weighted by molar-refractivity contribution is 7.17. The maximum absolute atomic E-state index is 13.9. The Bertz CT molecular complexity index is 1280. The van der Waals surface area contributed by atoms with Crippen molar-refractivity contribution in [2.75, 3.05) is 20.8 Å². The van der Waals surface area contributed by atoms with Gasteiger partial charge in [0.15, 0.2) is 11.5 Å². The van der Waals surface area contributed by atoms with Gasteiger partial charge in [0.2, 0.25) is 0 Å². The fraction of sp³-hybridized carbons (Fsp3) is 0.136. The van der Waals surface area contributed by atoms with Gasteiger partial charge < -0.3 is 14.8 Å². The average molecular weight is 439 g/mol. The van der Waals surface area contributed by atoms with Crippen LogP contribution in [0, 0.1) is 5.82 Å². The summed E-state index contributed by atoms with van der Waals surface area (Å²) in [6.45, 7) is -0.243. The number of carbonyl (C=O) groups is 2. The maximum atomic E-state index is 13.9. The normalized spacial score (nSPS) is 10.8. The van der Waals surface area contributed by atoms with Crippen LogP contribution in [0.25, 0.3) is 21.3 Å². The lowest BCUT2D eigenvalue weighted by Crippen LogP contribution is -2.32. The molecular weight excluding hydrogens is 421 g/mol. The lowest BCUT2D eigenvalue weighted by atomic mass is 10.1. The minimum Gasteiger partial charge on any atom is -0.493 e. The number of nitrogens with zero attached hydrogens (tertiary/aromatic N) is 2. The summed E-state index contributed by atoms with van der Waals surface area (Å²) in [5, 5.41) is 9.42. The molecule has 4 aromatic rings. The molecule has 0 spiro atoms. The number of hydrogen-bond donors (Lipinski definition) is 1. The van der Waals surface area contributed by atoms with E-state index in [9.17, 15) is 14.0 Å². The Morgan fingerprint density at radius 2 is 1.94 bits per heavy atom. The number of methoxy groups -OCH3 is 2. The van der Waals surface area contributed by atoms with Crippen LogP contribution in [0.2, 0.25) is 0 Å². The van der Waals surface area contributed by atoms with E-state index in [4.69, 9.17) is 9.47 Å². The Hall–Kier alpha value is -3.72. The van der Waals surface area contributed by atoms with Gasteiger partial charge in [-0.1, -0.05) is 12.1 Å². The van der Waals surface area contributed by atoms with Crippen LogP contribution in [0.4, 0.5) is 4.39 Å². The summed E-state index contributed by atoms with van der Waals surface area (Å²) in [5.41, 5.74) is 1.63. The number of carbonyl (C=O) groups excluding carboxylic acids is 2. The third-order valence-corrected chi connectivity index (χ3v) is 5.72. The highest BCUT2D eigenvalue weighted by Crippen LogP contribution is 2.34. The molecule has 31 heavy (non-hydrogen) atoms. The molecule has 0 radical (unpaired) electrons. The monoisotopic (exact) mass is 439 g/mol. The van der Waals surface area contributed by atoms with Crippen LogP contribution < -0.4 is 14.8 Å². The van der Waals surface area contributed by atoms with Crippen molar-refractivity contribution >= 4 is 33.2 Å². The van der Waals surface area contributed by atoms with Crippen LogP contribution in [0.15, 0.2) is 54.0 Å². The van der Waals surface area contributed by atoms with E-state index in [1.807, 2.05) is 11.4 Å². The molecule has 1 N–H and O–H groups in total. The van der Waals surface area contributed by atoms with E-state index in [0.29, 0.717) is 27.5 Å². The SMILES string of the molecule is COc1ccc(C(=O)NCC(=O)n2ccc(-c3csc4c(F)cccc34)n2)cc1OC. The number of rotatable bonds is 6. The molecule has 2 heterocycles. The first-order chi connectivity index (χ1) is 15.0. The second-order valence-corrected chi connectivity index (χ2v) is 7.44. The minimum absolute atomic E-state index is 0.243. The Morgan fingerprint density at radius 3 is 2.71 bits per heavy atom. The molecule has 4 rings (SSSR count). The van der Waals surface area contributed by atoms with Gasteiger partial charge in [-0.3, -0.25) is 9.59 Å². The number of halogens is 1. The zero-order valence-electron chi connectivity index (χ0n) is 16.7. The Morgan fingerprint density at radius 1 is 1.13 bits per heavy atom. The number of nitrogens with one attached hydrogen (secondary N) is 1. The Balaban J connectivity index is 1.46. The molecule has 0 unspecified atom stereocenters. The molecule has 0 aliphatic carbocycles. The van der Waals surface area contributed by atoms with Gasteiger partial charge in [-0.15, -0.1) is 11.3 Å². The average Bonchev–Trinajstić information content (AvgIpc) is 3.44. The zero-order valence-corrected chi connectivity index (χ0v) is 17.5. The van der Waals surface area contributed by atoms with Crippen molar-refractivity contribution in [2.24, 2.45) is 0 Å². The molecule has 0 aliphatic rings. The fourth-order valence-electron chi connectivity index (χ4n) is 3.14. The van der Waals surface area contributed by atoms with Crippen molar-refractivity contribution in [1.29, 1.82) is 0 Å². The van der Waals surface area contributed by atoms with Crippen molar-refractivity contribution in [1.82, 2.24) is 15.1 Å². The molecule has 0 fully saturated rings. The van der Waals surface area contributed by atoms with Gasteiger partial charge >= 0.3 is 0 Å². The van der Waals surface area contributed by atoms with Crippen molar-refractivity contribution in [3.8, 4) is 22.8 Å². The Labute approximate surface area is 181 Å². The first kappa shape index (κ1) is 20.5. The standard InChI is InChI=1S/C22H18FN3O4S/c1-29-18-7-6-13(10-19(18)30-2)22(28)24-11-20(27)26-9-8-17(25-26)15-12-31-21-14(15)4-3-5-16(21)23/h3-10,12H,11H2,1-2H3,(H,24,28). The summed E-state index contributed by atoms with van der Waals surface area (Å²) in [6, 6.07) is 11.3. The number of thiophene rings is 1. The minimum atomic E-state index is -0.430. The van der Waals surface area contributed by atoms with Crippen molar-refractivity contribution < 1.29 is 23.5 Å². The topological polar surface area (TPSA) is 82.5 Å². The van der Waals surface area contributed by atoms with Crippen LogP contribution in [0.1, 0.15) is 15.2 Å². The summed E-state index contributed by atoms with van der Waals surface area (Å²) in [7, 11) is 2.98. The van der Waals surface area contributed by atoms with Crippen molar-refractivity contribution in [2.45, 2.75) is 0 Å². The summed E-state index contributed by atoms with van der Waals surface area (Å²) in [5.74, 6) is -0.216. The van der Waals surface area contributed by atoms with Crippen LogP contribution >= 0.6 is 11.3 Å². The van der Waals surface area contributed by atoms with E-state index in [1.165, 1.54) is 43.9 Å². The van der Waals surface area contributed by atoms with Gasteiger partial charge in [0.05, 0.1) is 31.2 Å².